The standard InChI is InChI=1S/C16H23ClN2O3S/c1-18(2)23(21,22)13-9-10-15(17)14(11-13)16(20)19(3)12-7-5-4-6-8-12/h9-12H,4-8H2,1-3H3. The average Bonchev–Trinajstić information content (AvgIpc) is 2.54. The van der Waals surface area contributed by atoms with Gasteiger partial charge in [-0.2, -0.15) is 0 Å². The van der Waals surface area contributed by atoms with E-state index in [2.05, 4.69) is 0 Å². The lowest BCUT2D eigenvalue weighted by Gasteiger charge is -2.31. The second-order valence-corrected chi connectivity index (χ2v) is 8.70. The topological polar surface area (TPSA) is 57.7 Å². The molecule has 5 nitrogen and oxygen atoms in total. The molecule has 1 fully saturated rings. The van der Waals surface area contributed by atoms with E-state index in [9.17, 15) is 13.2 Å². The molecular weight excluding hydrogens is 336 g/mol. The van der Waals surface area contributed by atoms with Crippen LogP contribution in [0, 0.1) is 0 Å². The summed E-state index contributed by atoms with van der Waals surface area (Å²) in [5.41, 5.74) is 0.239. The van der Waals surface area contributed by atoms with E-state index >= 15 is 0 Å². The van der Waals surface area contributed by atoms with Gasteiger partial charge >= 0.3 is 0 Å². The van der Waals surface area contributed by atoms with Crippen LogP contribution < -0.4 is 0 Å². The van der Waals surface area contributed by atoms with Gasteiger partial charge < -0.3 is 4.90 Å². The Morgan fingerprint density at radius 3 is 2.30 bits per heavy atom. The van der Waals surface area contributed by atoms with Crippen LogP contribution in [0.1, 0.15) is 42.5 Å². The first kappa shape index (κ1) is 18.2. The molecule has 0 unspecified atom stereocenters. The quantitative estimate of drug-likeness (QED) is 0.831. The third-order valence-corrected chi connectivity index (χ3v) is 6.53. The smallest absolute Gasteiger partial charge is 0.255 e. The summed E-state index contributed by atoms with van der Waals surface area (Å²) in [4.78, 5) is 14.5. The van der Waals surface area contributed by atoms with E-state index in [1.54, 1.807) is 11.9 Å². The number of carbonyl (C=O) groups excluding carboxylic acids is 1. The number of sulfonamides is 1. The third kappa shape index (κ3) is 3.87. The summed E-state index contributed by atoms with van der Waals surface area (Å²) < 4.78 is 25.6. The fourth-order valence-corrected chi connectivity index (χ4v) is 3.99. The van der Waals surface area contributed by atoms with Gasteiger partial charge in [-0.3, -0.25) is 4.79 Å². The van der Waals surface area contributed by atoms with Crippen LogP contribution in [0.25, 0.3) is 0 Å². The summed E-state index contributed by atoms with van der Waals surface area (Å²) in [5.74, 6) is -0.224. The van der Waals surface area contributed by atoms with Crippen molar-refractivity contribution >= 4 is 27.5 Å². The molecule has 0 heterocycles. The first-order chi connectivity index (χ1) is 10.7. The van der Waals surface area contributed by atoms with E-state index in [0.717, 1.165) is 30.0 Å². The maximum absolute atomic E-state index is 12.7. The van der Waals surface area contributed by atoms with E-state index in [4.69, 9.17) is 11.6 Å². The highest BCUT2D eigenvalue weighted by Gasteiger charge is 2.26. The maximum atomic E-state index is 12.7. The monoisotopic (exact) mass is 358 g/mol. The van der Waals surface area contributed by atoms with E-state index in [-0.39, 0.29) is 27.4 Å². The van der Waals surface area contributed by atoms with Crippen LogP contribution in [0.3, 0.4) is 0 Å². The summed E-state index contributed by atoms with van der Waals surface area (Å²) >= 11 is 6.15. The fourth-order valence-electron chi connectivity index (χ4n) is 2.86. The van der Waals surface area contributed by atoms with Gasteiger partial charge in [-0.15, -0.1) is 0 Å². The van der Waals surface area contributed by atoms with E-state index in [1.165, 1.54) is 38.7 Å². The van der Waals surface area contributed by atoms with Crippen LogP contribution in [0.2, 0.25) is 5.02 Å². The molecule has 7 heteroatoms. The lowest BCUT2D eigenvalue weighted by molar-refractivity contribution is 0.0696. The summed E-state index contributed by atoms with van der Waals surface area (Å²) in [5, 5.41) is 0.273. The van der Waals surface area contributed by atoms with Crippen molar-refractivity contribution in [2.75, 3.05) is 21.1 Å². The molecule has 0 atom stereocenters. The minimum Gasteiger partial charge on any atom is -0.339 e. The minimum absolute atomic E-state index is 0.0762. The number of amides is 1. The highest BCUT2D eigenvalue weighted by molar-refractivity contribution is 7.89. The van der Waals surface area contributed by atoms with Crippen LogP contribution in [0.15, 0.2) is 23.1 Å². The molecule has 1 aliphatic rings. The zero-order valence-electron chi connectivity index (χ0n) is 13.8. The molecule has 128 valence electrons. The Labute approximate surface area is 143 Å². The molecule has 2 rings (SSSR count). The zero-order chi connectivity index (χ0) is 17.2. The number of halogens is 1. The fraction of sp³-hybridized carbons (Fsp3) is 0.562. The lowest BCUT2D eigenvalue weighted by Crippen LogP contribution is -2.38. The van der Waals surface area contributed by atoms with Crippen LogP contribution in [-0.2, 0) is 10.0 Å². The normalized spacial score (nSPS) is 16.6. The SMILES string of the molecule is CN(C(=O)c1cc(S(=O)(=O)N(C)C)ccc1Cl)C1CCCCC1. The van der Waals surface area contributed by atoms with Crippen molar-refractivity contribution in [3.05, 3.63) is 28.8 Å². The Morgan fingerprint density at radius 2 is 1.74 bits per heavy atom. The van der Waals surface area contributed by atoms with Crippen molar-refractivity contribution in [3.8, 4) is 0 Å². The number of rotatable bonds is 4. The first-order valence-electron chi connectivity index (χ1n) is 7.74. The maximum Gasteiger partial charge on any atom is 0.255 e. The predicted octanol–water partition coefficient (Wildman–Crippen LogP) is 3.00. The van der Waals surface area contributed by atoms with Crippen molar-refractivity contribution in [1.29, 1.82) is 0 Å². The summed E-state index contributed by atoms with van der Waals surface area (Å²) in [6, 6.07) is 4.47. The summed E-state index contributed by atoms with van der Waals surface area (Å²) in [6.07, 6.45) is 5.40. The van der Waals surface area contributed by atoms with Crippen molar-refractivity contribution < 1.29 is 13.2 Å². The third-order valence-electron chi connectivity index (χ3n) is 4.39. The molecule has 0 aromatic heterocycles. The molecular formula is C16H23ClN2O3S. The van der Waals surface area contributed by atoms with E-state index in [0.29, 0.717) is 0 Å². The number of carbonyl (C=O) groups is 1. The minimum atomic E-state index is -3.60. The van der Waals surface area contributed by atoms with Crippen LogP contribution in [0.5, 0.6) is 0 Å². The van der Waals surface area contributed by atoms with Gasteiger partial charge in [0.1, 0.15) is 0 Å². The Morgan fingerprint density at radius 1 is 1.13 bits per heavy atom. The van der Waals surface area contributed by atoms with Crippen molar-refractivity contribution in [2.45, 2.75) is 43.0 Å². The highest BCUT2D eigenvalue weighted by Crippen LogP contribution is 2.27. The molecule has 0 aliphatic heterocycles. The Bertz CT molecular complexity index is 683. The summed E-state index contributed by atoms with van der Waals surface area (Å²) in [7, 11) is 1.09. The number of hydrogen-bond acceptors (Lipinski definition) is 3. The molecule has 0 N–H and O–H groups in total. The molecule has 1 saturated carbocycles. The van der Waals surface area contributed by atoms with Gasteiger partial charge in [-0.05, 0) is 31.0 Å². The Kier molecular flexibility index (Phi) is 5.70. The molecule has 0 bridgehead atoms. The first-order valence-corrected chi connectivity index (χ1v) is 9.56. The van der Waals surface area contributed by atoms with Gasteiger partial charge in [0.25, 0.3) is 5.91 Å². The van der Waals surface area contributed by atoms with Gasteiger partial charge in [-0.25, -0.2) is 12.7 Å². The van der Waals surface area contributed by atoms with Gasteiger partial charge in [0.05, 0.1) is 15.5 Å². The van der Waals surface area contributed by atoms with Crippen molar-refractivity contribution in [1.82, 2.24) is 9.21 Å². The van der Waals surface area contributed by atoms with Gasteiger partial charge in [0, 0.05) is 27.2 Å². The molecule has 23 heavy (non-hydrogen) atoms. The second-order valence-electron chi connectivity index (χ2n) is 6.14. The number of benzene rings is 1. The summed E-state index contributed by atoms with van der Waals surface area (Å²) in [6.45, 7) is 0. The number of nitrogens with zero attached hydrogens (tertiary/aromatic N) is 2. The largest absolute Gasteiger partial charge is 0.339 e. The highest BCUT2D eigenvalue weighted by atomic mass is 35.5. The average molecular weight is 359 g/mol. The van der Waals surface area contributed by atoms with Gasteiger partial charge in [-0.1, -0.05) is 30.9 Å². The van der Waals surface area contributed by atoms with E-state index in [1.807, 2.05) is 0 Å². The lowest BCUT2D eigenvalue weighted by atomic mass is 9.94. The second kappa shape index (κ2) is 7.20. The molecule has 1 amide bonds. The Hall–Kier alpha value is -1.11. The molecule has 1 aromatic rings. The molecule has 0 saturated heterocycles. The number of hydrogen-bond donors (Lipinski definition) is 0. The van der Waals surface area contributed by atoms with Crippen molar-refractivity contribution in [3.63, 3.8) is 0 Å². The van der Waals surface area contributed by atoms with Crippen LogP contribution >= 0.6 is 11.6 Å². The van der Waals surface area contributed by atoms with Crippen LogP contribution in [-0.4, -0.2) is 50.7 Å². The van der Waals surface area contributed by atoms with Gasteiger partial charge in [0.2, 0.25) is 10.0 Å². The van der Waals surface area contributed by atoms with E-state index < -0.39 is 10.0 Å². The molecule has 0 radical (unpaired) electrons. The molecule has 0 spiro atoms. The molecule has 1 aromatic carbocycles. The van der Waals surface area contributed by atoms with Crippen LogP contribution in [0.4, 0.5) is 0 Å². The predicted molar refractivity (Wildman–Crippen MR) is 91.3 cm³/mol. The van der Waals surface area contributed by atoms with Crippen molar-refractivity contribution in [2.24, 2.45) is 0 Å². The zero-order valence-corrected chi connectivity index (χ0v) is 15.3. The van der Waals surface area contributed by atoms with Gasteiger partial charge in [0.15, 0.2) is 0 Å². The molecule has 1 aliphatic carbocycles. The Balaban J connectivity index is 2.33.